The summed E-state index contributed by atoms with van der Waals surface area (Å²) in [5.41, 5.74) is 11.7. The first-order valence-electron chi connectivity index (χ1n) is 11.2. The van der Waals surface area contributed by atoms with Crippen LogP contribution in [0.4, 0.5) is 30.2 Å². The van der Waals surface area contributed by atoms with Crippen LogP contribution < -0.4 is 22.1 Å². The highest BCUT2D eigenvalue weighted by atomic mass is 32.1. The van der Waals surface area contributed by atoms with Gasteiger partial charge in [-0.1, -0.05) is 0 Å². The molecule has 0 spiro atoms. The number of nitrogens with one attached hydrogen (secondary N) is 2. The third kappa shape index (κ3) is 20.7. The highest BCUT2D eigenvalue weighted by molar-refractivity contribution is 7.13. The van der Waals surface area contributed by atoms with Crippen LogP contribution in [0.25, 0.3) is 0 Å². The van der Waals surface area contributed by atoms with Crippen molar-refractivity contribution in [3.63, 3.8) is 0 Å². The number of carbonyl (C=O) groups is 4. The second-order valence-corrected chi connectivity index (χ2v) is 8.26. The van der Waals surface area contributed by atoms with Gasteiger partial charge >= 0.3 is 30.1 Å². The van der Waals surface area contributed by atoms with Gasteiger partial charge in [-0.2, -0.15) is 18.2 Å². The van der Waals surface area contributed by atoms with E-state index in [0.717, 1.165) is 25.0 Å². The van der Waals surface area contributed by atoms with Crippen molar-refractivity contribution >= 4 is 58.2 Å². The zero-order valence-corrected chi connectivity index (χ0v) is 22.6. The Hall–Kier alpha value is -5.21. The second-order valence-electron chi connectivity index (χ2n) is 7.41. The van der Waals surface area contributed by atoms with E-state index in [1.165, 1.54) is 11.3 Å². The molecule has 17 nitrogen and oxygen atoms in total. The number of aromatic nitrogens is 4. The maximum absolute atomic E-state index is 12.1. The van der Waals surface area contributed by atoms with Crippen molar-refractivity contribution in [3.8, 4) is 0 Å². The molecular weight excluding hydrogens is 595 g/mol. The van der Waals surface area contributed by atoms with Gasteiger partial charge in [-0.05, 0) is 19.3 Å². The van der Waals surface area contributed by atoms with Crippen LogP contribution in [0.2, 0.25) is 0 Å². The van der Waals surface area contributed by atoms with Crippen LogP contribution in [0, 0.1) is 0 Å². The van der Waals surface area contributed by atoms with Crippen molar-refractivity contribution in [2.24, 2.45) is 17.8 Å². The van der Waals surface area contributed by atoms with Crippen LogP contribution in [0.5, 0.6) is 0 Å². The average molecular weight is 624 g/mol. The summed E-state index contributed by atoms with van der Waals surface area (Å²) in [5, 5.41) is 43.1. The molecule has 0 saturated heterocycles. The van der Waals surface area contributed by atoms with E-state index in [9.17, 15) is 32.3 Å². The predicted octanol–water partition coefficient (Wildman–Crippen LogP) is 1.00. The minimum absolute atomic E-state index is 0.218. The third-order valence-electron chi connectivity index (χ3n) is 3.87. The lowest BCUT2D eigenvalue weighted by Crippen LogP contribution is -2.25. The Balaban J connectivity index is 0.000000861. The lowest BCUT2D eigenvalue weighted by atomic mass is 10.2. The molecule has 0 aliphatic carbocycles. The van der Waals surface area contributed by atoms with Gasteiger partial charge in [0.2, 0.25) is 11.9 Å². The first-order valence-corrected chi connectivity index (χ1v) is 12.1. The van der Waals surface area contributed by atoms with E-state index < -0.39 is 36.6 Å². The van der Waals surface area contributed by atoms with Crippen LogP contribution in [0.15, 0.2) is 34.7 Å². The number of carboxylic acid groups (broad SMARTS) is 4. The molecule has 0 bridgehead atoms. The van der Waals surface area contributed by atoms with Gasteiger partial charge in [-0.25, -0.2) is 33.8 Å². The van der Waals surface area contributed by atoms with Crippen molar-refractivity contribution in [1.29, 1.82) is 0 Å². The topological polar surface area (TPSA) is 281 Å². The number of aryl methyl sites for hydroxylation is 2. The fourth-order valence-electron chi connectivity index (χ4n) is 2.28. The highest BCUT2D eigenvalue weighted by Gasteiger charge is 2.26. The summed E-state index contributed by atoms with van der Waals surface area (Å²) in [6.07, 6.45) is 0.338. The van der Waals surface area contributed by atoms with Crippen molar-refractivity contribution in [2.45, 2.75) is 25.4 Å². The SMILES string of the molecule is Cn1nc(N)nc1NCCCCc1csc(NC(N)=NCC(F)(F)F)n1.O=C(O)/C=C\C(=O)O.O=C(O)/C=C\C(=O)O. The quantitative estimate of drug-likeness (QED) is 0.0708. The zero-order valence-electron chi connectivity index (χ0n) is 21.8. The molecule has 10 N–H and O–H groups in total. The first kappa shape index (κ1) is 36.8. The van der Waals surface area contributed by atoms with E-state index in [4.69, 9.17) is 31.9 Å². The Morgan fingerprint density at radius 2 is 1.52 bits per heavy atom. The molecule has 232 valence electrons. The number of unbranched alkanes of at least 4 members (excludes halogenated alkanes) is 1. The second kappa shape index (κ2) is 19.0. The van der Waals surface area contributed by atoms with Gasteiger partial charge in [0, 0.05) is 43.3 Å². The smallest absolute Gasteiger partial charge is 0.408 e. The standard InChI is InChI=1S/C13H20F3N9S.2C4H4O4/c1-25-11(22-10(18)24-25)19-5-3-2-4-8-6-26-12(21-8)23-9(17)20-7-13(14,15)16;2*5-3(6)1-2-4(7)8/h6H,2-5,7H2,1H3,(H3,17,20,21,23)(H3,18,19,22,24);2*1-2H,(H,5,6)(H,7,8)/b;2*2-1-. The molecule has 0 aromatic carbocycles. The number of guanidine groups is 1. The maximum atomic E-state index is 12.1. The monoisotopic (exact) mass is 623 g/mol. The number of aliphatic carboxylic acids is 4. The van der Waals surface area contributed by atoms with Crippen molar-refractivity contribution in [3.05, 3.63) is 35.4 Å². The number of hydrogen-bond donors (Lipinski definition) is 8. The van der Waals surface area contributed by atoms with Crippen molar-refractivity contribution < 1.29 is 52.8 Å². The first-order chi connectivity index (χ1) is 19.5. The van der Waals surface area contributed by atoms with E-state index in [2.05, 4.69) is 30.7 Å². The van der Waals surface area contributed by atoms with Gasteiger partial charge < -0.3 is 42.5 Å². The van der Waals surface area contributed by atoms with Crippen LogP contribution in [-0.2, 0) is 32.6 Å². The number of thiazole rings is 1. The predicted molar refractivity (Wildman–Crippen MR) is 144 cm³/mol. The molecular formula is C21H28F3N9O8S. The Labute approximate surface area is 239 Å². The molecule has 2 heterocycles. The zero-order chi connectivity index (χ0) is 32.3. The molecule has 2 aromatic rings. The minimum Gasteiger partial charge on any atom is -0.478 e. The molecule has 0 fully saturated rings. The average Bonchev–Trinajstić information content (AvgIpc) is 3.44. The van der Waals surface area contributed by atoms with Gasteiger partial charge in [0.25, 0.3) is 0 Å². The summed E-state index contributed by atoms with van der Waals surface area (Å²) < 4.78 is 37.8. The number of halogens is 3. The fraction of sp³-hybridized carbons (Fsp3) is 0.333. The Morgan fingerprint density at radius 1 is 1.00 bits per heavy atom. The van der Waals surface area contributed by atoms with Gasteiger partial charge in [0.15, 0.2) is 11.1 Å². The van der Waals surface area contributed by atoms with E-state index in [0.29, 0.717) is 41.9 Å². The number of aliphatic imine (C=N–C) groups is 1. The summed E-state index contributed by atoms with van der Waals surface area (Å²) in [4.78, 5) is 49.7. The number of rotatable bonds is 12. The number of hydrogen-bond acceptors (Lipinski definition) is 11. The number of carboxylic acids is 4. The lowest BCUT2D eigenvalue weighted by Gasteiger charge is -2.04. The maximum Gasteiger partial charge on any atom is 0.408 e. The highest BCUT2D eigenvalue weighted by Crippen LogP contribution is 2.18. The summed E-state index contributed by atoms with van der Waals surface area (Å²) in [6, 6.07) is 0. The number of nitrogen functional groups attached to an aromatic ring is 1. The lowest BCUT2D eigenvalue weighted by molar-refractivity contribution is -0.134. The Morgan fingerprint density at radius 3 is 1.95 bits per heavy atom. The summed E-state index contributed by atoms with van der Waals surface area (Å²) in [7, 11) is 1.75. The Bertz CT molecular complexity index is 1210. The van der Waals surface area contributed by atoms with Crippen LogP contribution in [-0.4, -0.2) is 89.3 Å². The van der Waals surface area contributed by atoms with E-state index >= 15 is 0 Å². The van der Waals surface area contributed by atoms with Crippen LogP contribution >= 0.6 is 11.3 Å². The van der Waals surface area contributed by atoms with Crippen molar-refractivity contribution in [1.82, 2.24) is 19.7 Å². The number of nitrogens with two attached hydrogens (primary N) is 2. The van der Waals surface area contributed by atoms with Gasteiger partial charge in [-0.15, -0.1) is 16.4 Å². The molecule has 2 aromatic heterocycles. The molecule has 0 saturated carbocycles. The summed E-state index contributed by atoms with van der Waals surface area (Å²) >= 11 is 1.26. The van der Waals surface area contributed by atoms with E-state index in [1.54, 1.807) is 11.7 Å². The largest absolute Gasteiger partial charge is 0.478 e. The Kier molecular flexibility index (Phi) is 16.6. The van der Waals surface area contributed by atoms with Crippen LogP contribution in [0.3, 0.4) is 0 Å². The summed E-state index contributed by atoms with van der Waals surface area (Å²) in [6.45, 7) is -0.619. The summed E-state index contributed by atoms with van der Waals surface area (Å²) in [5.74, 6) is -4.51. The molecule has 21 heteroatoms. The number of alkyl halides is 3. The molecule has 0 unspecified atom stereocenters. The van der Waals surface area contributed by atoms with Gasteiger partial charge in [0.05, 0.1) is 5.69 Å². The third-order valence-corrected chi connectivity index (χ3v) is 4.68. The van der Waals surface area contributed by atoms with Crippen molar-refractivity contribution in [2.75, 3.05) is 29.5 Å². The number of nitrogens with zero attached hydrogens (tertiary/aromatic N) is 5. The van der Waals surface area contributed by atoms with Gasteiger partial charge in [-0.3, -0.25) is 0 Å². The normalized spacial score (nSPS) is 11.3. The molecule has 2 rings (SSSR count). The molecule has 0 radical (unpaired) electrons. The van der Waals surface area contributed by atoms with Gasteiger partial charge in [0.1, 0.15) is 6.54 Å². The number of anilines is 3. The van der Waals surface area contributed by atoms with E-state index in [-0.39, 0.29) is 11.9 Å². The molecule has 0 aliphatic heterocycles. The fourth-order valence-corrected chi connectivity index (χ4v) is 3.03. The van der Waals surface area contributed by atoms with E-state index in [1.807, 2.05) is 5.38 Å². The minimum atomic E-state index is -4.38. The molecule has 42 heavy (non-hydrogen) atoms. The van der Waals surface area contributed by atoms with Crippen LogP contribution in [0.1, 0.15) is 18.5 Å². The molecule has 0 amide bonds. The molecule has 0 atom stereocenters. The molecule has 0 aliphatic rings.